The lowest BCUT2D eigenvalue weighted by molar-refractivity contribution is 0.598. The van der Waals surface area contributed by atoms with Crippen molar-refractivity contribution in [2.75, 3.05) is 11.9 Å². The smallest absolute Gasteiger partial charge is 0.186 e. The molecular formula is C12H16FN5. The van der Waals surface area contributed by atoms with E-state index in [1.165, 1.54) is 6.33 Å². The molecule has 0 fully saturated rings. The van der Waals surface area contributed by atoms with Gasteiger partial charge in [-0.1, -0.05) is 0 Å². The molecule has 0 aliphatic rings. The molecule has 2 aromatic rings. The number of unbranched alkanes of at least 4 members (excludes halogenated alkanes) is 1. The van der Waals surface area contributed by atoms with Crippen molar-refractivity contribution in [3.8, 4) is 0 Å². The number of hydrogen-bond donors (Lipinski definition) is 1. The van der Waals surface area contributed by atoms with E-state index in [0.717, 1.165) is 19.4 Å². The van der Waals surface area contributed by atoms with Crippen molar-refractivity contribution in [1.82, 2.24) is 19.5 Å². The number of nitrogens with zero attached hydrogens (tertiary/aromatic N) is 4. The molecule has 6 heteroatoms. The Morgan fingerprint density at radius 1 is 1.33 bits per heavy atom. The van der Waals surface area contributed by atoms with Crippen LogP contribution in [0, 0.1) is 12.7 Å². The molecule has 0 bridgehead atoms. The van der Waals surface area contributed by atoms with Crippen molar-refractivity contribution in [1.29, 1.82) is 0 Å². The van der Waals surface area contributed by atoms with Crippen LogP contribution < -0.4 is 5.32 Å². The summed E-state index contributed by atoms with van der Waals surface area (Å²) in [5.41, 5.74) is 0.367. The monoisotopic (exact) mass is 249 g/mol. The zero-order valence-corrected chi connectivity index (χ0v) is 10.3. The topological polar surface area (TPSA) is 55.6 Å². The molecule has 0 aliphatic heterocycles. The summed E-state index contributed by atoms with van der Waals surface area (Å²) in [4.78, 5) is 11.6. The first-order valence-corrected chi connectivity index (χ1v) is 5.94. The third-order valence-corrected chi connectivity index (χ3v) is 2.66. The van der Waals surface area contributed by atoms with E-state index in [0.29, 0.717) is 12.2 Å². The van der Waals surface area contributed by atoms with Crippen molar-refractivity contribution in [2.45, 2.75) is 26.3 Å². The maximum atomic E-state index is 13.5. The van der Waals surface area contributed by atoms with Crippen molar-refractivity contribution in [3.63, 3.8) is 0 Å². The third-order valence-electron chi connectivity index (χ3n) is 2.66. The average Bonchev–Trinajstić information content (AvgIpc) is 2.87. The molecule has 2 heterocycles. The zero-order chi connectivity index (χ0) is 12.8. The number of aryl methyl sites for hydroxylation is 2. The lowest BCUT2D eigenvalue weighted by Crippen LogP contribution is -2.08. The summed E-state index contributed by atoms with van der Waals surface area (Å²) >= 11 is 0. The van der Waals surface area contributed by atoms with Crippen LogP contribution in [-0.4, -0.2) is 26.1 Å². The minimum absolute atomic E-state index is 0.283. The van der Waals surface area contributed by atoms with Crippen molar-refractivity contribution < 1.29 is 4.39 Å². The highest BCUT2D eigenvalue weighted by atomic mass is 19.1. The maximum absolute atomic E-state index is 13.5. The first-order valence-electron chi connectivity index (χ1n) is 5.94. The molecule has 0 spiro atoms. The maximum Gasteiger partial charge on any atom is 0.186 e. The minimum Gasteiger partial charge on any atom is -0.368 e. The fourth-order valence-electron chi connectivity index (χ4n) is 1.63. The van der Waals surface area contributed by atoms with Crippen LogP contribution in [0.15, 0.2) is 25.0 Å². The van der Waals surface area contributed by atoms with Gasteiger partial charge in [-0.3, -0.25) is 0 Å². The summed E-state index contributed by atoms with van der Waals surface area (Å²) in [7, 11) is 0. The molecule has 0 amide bonds. The molecular weight excluding hydrogens is 233 g/mol. The summed E-state index contributed by atoms with van der Waals surface area (Å²) in [5, 5.41) is 2.98. The highest BCUT2D eigenvalue weighted by molar-refractivity contribution is 5.36. The highest BCUT2D eigenvalue weighted by Gasteiger charge is 2.05. The lowest BCUT2D eigenvalue weighted by atomic mass is 10.3. The van der Waals surface area contributed by atoms with Crippen molar-refractivity contribution >= 4 is 5.82 Å². The van der Waals surface area contributed by atoms with Gasteiger partial charge < -0.3 is 9.88 Å². The molecule has 0 aromatic carbocycles. The SMILES string of the molecule is Cc1ncnc(NCCCCn2ccnc2)c1F. The van der Waals surface area contributed by atoms with Gasteiger partial charge >= 0.3 is 0 Å². The fraction of sp³-hybridized carbons (Fsp3) is 0.417. The number of anilines is 1. The van der Waals surface area contributed by atoms with Crippen LogP contribution >= 0.6 is 0 Å². The number of halogens is 1. The first kappa shape index (κ1) is 12.5. The molecule has 0 unspecified atom stereocenters. The molecule has 0 aliphatic carbocycles. The summed E-state index contributed by atoms with van der Waals surface area (Å²) in [6, 6.07) is 0. The Bertz CT molecular complexity index is 483. The van der Waals surface area contributed by atoms with Gasteiger partial charge in [0.15, 0.2) is 11.6 Å². The van der Waals surface area contributed by atoms with Crippen LogP contribution in [0.25, 0.3) is 0 Å². The van der Waals surface area contributed by atoms with E-state index in [-0.39, 0.29) is 11.6 Å². The van der Waals surface area contributed by atoms with Gasteiger partial charge in [-0.25, -0.2) is 19.3 Å². The fourth-order valence-corrected chi connectivity index (χ4v) is 1.63. The Hall–Kier alpha value is -1.98. The summed E-state index contributed by atoms with van der Waals surface area (Å²) in [6.45, 7) is 3.25. The molecule has 0 radical (unpaired) electrons. The largest absolute Gasteiger partial charge is 0.368 e. The molecule has 2 rings (SSSR count). The quantitative estimate of drug-likeness (QED) is 0.796. The van der Waals surface area contributed by atoms with E-state index >= 15 is 0 Å². The number of aromatic nitrogens is 4. The van der Waals surface area contributed by atoms with Crippen LogP contribution in [0.5, 0.6) is 0 Å². The first-order chi connectivity index (χ1) is 8.77. The van der Waals surface area contributed by atoms with Gasteiger partial charge in [0.1, 0.15) is 6.33 Å². The van der Waals surface area contributed by atoms with E-state index < -0.39 is 0 Å². The zero-order valence-electron chi connectivity index (χ0n) is 10.3. The van der Waals surface area contributed by atoms with Crippen LogP contribution in [0.4, 0.5) is 10.2 Å². The molecule has 96 valence electrons. The second kappa shape index (κ2) is 6.09. The van der Waals surface area contributed by atoms with E-state index in [4.69, 9.17) is 0 Å². The molecule has 18 heavy (non-hydrogen) atoms. The van der Waals surface area contributed by atoms with Crippen LogP contribution in [0.2, 0.25) is 0 Å². The van der Waals surface area contributed by atoms with Crippen molar-refractivity contribution in [2.24, 2.45) is 0 Å². The molecule has 5 nitrogen and oxygen atoms in total. The van der Waals surface area contributed by atoms with E-state index in [1.807, 2.05) is 10.8 Å². The Labute approximate surface area is 105 Å². The number of imidazole rings is 1. The van der Waals surface area contributed by atoms with Crippen LogP contribution in [-0.2, 0) is 6.54 Å². The molecule has 0 atom stereocenters. The van der Waals surface area contributed by atoms with Gasteiger partial charge in [-0.05, 0) is 19.8 Å². The second-order valence-corrected chi connectivity index (χ2v) is 4.06. The van der Waals surface area contributed by atoms with Gasteiger partial charge in [0, 0.05) is 25.5 Å². The molecule has 0 saturated heterocycles. The van der Waals surface area contributed by atoms with Gasteiger partial charge in [0.05, 0.1) is 12.0 Å². The Morgan fingerprint density at radius 2 is 2.22 bits per heavy atom. The van der Waals surface area contributed by atoms with E-state index in [2.05, 4.69) is 20.3 Å². The Balaban J connectivity index is 1.70. The summed E-state index contributed by atoms with van der Waals surface area (Å²) in [5.74, 6) is -0.0859. The van der Waals surface area contributed by atoms with E-state index in [9.17, 15) is 4.39 Å². The Kier molecular flexibility index (Phi) is 4.22. The minimum atomic E-state index is -0.368. The predicted molar refractivity (Wildman–Crippen MR) is 66.7 cm³/mol. The highest BCUT2D eigenvalue weighted by Crippen LogP contribution is 2.11. The number of hydrogen-bond acceptors (Lipinski definition) is 4. The van der Waals surface area contributed by atoms with Crippen LogP contribution in [0.3, 0.4) is 0 Å². The van der Waals surface area contributed by atoms with Gasteiger partial charge in [-0.2, -0.15) is 0 Å². The van der Waals surface area contributed by atoms with Gasteiger partial charge in [0.2, 0.25) is 0 Å². The average molecular weight is 249 g/mol. The van der Waals surface area contributed by atoms with Gasteiger partial charge in [-0.15, -0.1) is 0 Å². The summed E-state index contributed by atoms with van der Waals surface area (Å²) in [6.07, 6.45) is 8.81. The normalized spacial score (nSPS) is 10.6. The second-order valence-electron chi connectivity index (χ2n) is 4.06. The molecule has 2 aromatic heterocycles. The predicted octanol–water partition coefficient (Wildman–Crippen LogP) is 2.01. The Morgan fingerprint density at radius 3 is 3.00 bits per heavy atom. The van der Waals surface area contributed by atoms with E-state index in [1.54, 1.807) is 19.4 Å². The lowest BCUT2D eigenvalue weighted by Gasteiger charge is -2.07. The van der Waals surface area contributed by atoms with Crippen LogP contribution in [0.1, 0.15) is 18.5 Å². The van der Waals surface area contributed by atoms with Gasteiger partial charge in [0.25, 0.3) is 0 Å². The number of nitrogens with one attached hydrogen (secondary N) is 1. The third kappa shape index (κ3) is 3.26. The standard InChI is InChI=1S/C12H16FN5/c1-10-11(13)12(17-8-16-10)15-4-2-3-6-18-7-5-14-9-18/h5,7-9H,2-4,6H2,1H3,(H,15,16,17). The number of rotatable bonds is 6. The molecule has 1 N–H and O–H groups in total. The molecule has 0 saturated carbocycles. The summed E-state index contributed by atoms with van der Waals surface area (Å²) < 4.78 is 15.6. The van der Waals surface area contributed by atoms with Crippen molar-refractivity contribution in [3.05, 3.63) is 36.6 Å².